The Morgan fingerprint density at radius 1 is 1.33 bits per heavy atom. The highest BCUT2D eigenvalue weighted by Gasteiger charge is 2.12. The number of aliphatic hydroxyl groups excluding tert-OH is 1. The van der Waals surface area contributed by atoms with Crippen molar-refractivity contribution < 1.29 is 14.6 Å². The lowest BCUT2D eigenvalue weighted by Crippen LogP contribution is -2.05. The molecule has 0 aliphatic heterocycles. The Hall–Kier alpha value is -2.01. The van der Waals surface area contributed by atoms with Gasteiger partial charge in [-0.3, -0.25) is 4.68 Å². The van der Waals surface area contributed by atoms with E-state index in [0.717, 1.165) is 23.4 Å². The summed E-state index contributed by atoms with van der Waals surface area (Å²) in [6.45, 7) is 4.19. The van der Waals surface area contributed by atoms with E-state index in [9.17, 15) is 5.11 Å². The van der Waals surface area contributed by atoms with E-state index in [2.05, 4.69) is 12.0 Å². The zero-order chi connectivity index (χ0) is 15.4. The highest BCUT2D eigenvalue weighted by molar-refractivity contribution is 5.41. The molecule has 1 N–H and O–H groups in total. The predicted octanol–water partition coefficient (Wildman–Crippen LogP) is 2.62. The number of hydrogen-bond acceptors (Lipinski definition) is 4. The lowest BCUT2D eigenvalue weighted by molar-refractivity contribution is 0.189. The van der Waals surface area contributed by atoms with Crippen LogP contribution < -0.4 is 9.47 Å². The largest absolute Gasteiger partial charge is 0.497 e. The normalized spacial score (nSPS) is 12.2. The number of nitrogens with zero attached hydrogens (tertiary/aromatic N) is 2. The third kappa shape index (κ3) is 3.55. The van der Waals surface area contributed by atoms with Gasteiger partial charge in [0, 0.05) is 18.7 Å². The van der Waals surface area contributed by atoms with Crippen molar-refractivity contribution in [2.45, 2.75) is 33.0 Å². The molecule has 0 spiro atoms. The summed E-state index contributed by atoms with van der Waals surface area (Å²) in [6, 6.07) is 7.45. The van der Waals surface area contributed by atoms with E-state index in [1.807, 2.05) is 29.9 Å². The SMILES string of the molecule is CCc1cc(COc2cc(OC)ccc2[C@H](C)O)n(C)n1. The highest BCUT2D eigenvalue weighted by Crippen LogP contribution is 2.30. The second-order valence-corrected chi connectivity index (χ2v) is 4.97. The van der Waals surface area contributed by atoms with Crippen LogP contribution in [0.4, 0.5) is 0 Å². The fourth-order valence-corrected chi connectivity index (χ4v) is 2.14. The monoisotopic (exact) mass is 290 g/mol. The number of aliphatic hydroxyl groups is 1. The standard InChI is InChI=1S/C16H22N2O3/c1-5-12-8-13(18(3)17-12)10-21-16-9-14(20-4)6-7-15(16)11(2)19/h6-9,11,19H,5,10H2,1-4H3/t11-/m0/s1. The summed E-state index contributed by atoms with van der Waals surface area (Å²) in [7, 11) is 3.51. The summed E-state index contributed by atoms with van der Waals surface area (Å²) >= 11 is 0. The van der Waals surface area contributed by atoms with Gasteiger partial charge in [0.2, 0.25) is 0 Å². The van der Waals surface area contributed by atoms with Gasteiger partial charge in [-0.2, -0.15) is 5.10 Å². The Kier molecular flexibility index (Phi) is 4.85. The molecule has 5 heteroatoms. The van der Waals surface area contributed by atoms with Crippen LogP contribution in [-0.2, 0) is 20.1 Å². The van der Waals surface area contributed by atoms with Gasteiger partial charge in [-0.05, 0) is 31.5 Å². The van der Waals surface area contributed by atoms with E-state index in [0.29, 0.717) is 18.1 Å². The molecule has 0 saturated heterocycles. The molecule has 0 bridgehead atoms. The molecule has 0 aliphatic rings. The summed E-state index contributed by atoms with van der Waals surface area (Å²) in [6.07, 6.45) is 0.301. The second kappa shape index (κ2) is 6.63. The molecular weight excluding hydrogens is 268 g/mol. The van der Waals surface area contributed by atoms with Gasteiger partial charge in [-0.1, -0.05) is 6.92 Å². The number of rotatable bonds is 6. The fraction of sp³-hybridized carbons (Fsp3) is 0.438. The molecule has 2 rings (SSSR count). The molecule has 0 saturated carbocycles. The first kappa shape index (κ1) is 15.4. The van der Waals surface area contributed by atoms with Crippen LogP contribution in [0, 0.1) is 0 Å². The smallest absolute Gasteiger partial charge is 0.130 e. The van der Waals surface area contributed by atoms with E-state index < -0.39 is 6.10 Å². The zero-order valence-electron chi connectivity index (χ0n) is 13.0. The van der Waals surface area contributed by atoms with Crippen LogP contribution in [0.15, 0.2) is 24.3 Å². The van der Waals surface area contributed by atoms with Crippen molar-refractivity contribution in [1.82, 2.24) is 9.78 Å². The van der Waals surface area contributed by atoms with E-state index >= 15 is 0 Å². The van der Waals surface area contributed by atoms with Crippen LogP contribution in [0.1, 0.15) is 36.9 Å². The number of methoxy groups -OCH3 is 1. The van der Waals surface area contributed by atoms with Gasteiger partial charge < -0.3 is 14.6 Å². The van der Waals surface area contributed by atoms with Crippen LogP contribution in [0.5, 0.6) is 11.5 Å². The molecule has 0 unspecified atom stereocenters. The molecule has 0 fully saturated rings. The molecule has 114 valence electrons. The van der Waals surface area contributed by atoms with Gasteiger partial charge >= 0.3 is 0 Å². The third-order valence-electron chi connectivity index (χ3n) is 3.44. The van der Waals surface area contributed by atoms with Crippen LogP contribution in [0.25, 0.3) is 0 Å². The molecule has 0 radical (unpaired) electrons. The van der Waals surface area contributed by atoms with Crippen molar-refractivity contribution in [3.05, 3.63) is 41.2 Å². The van der Waals surface area contributed by atoms with Crippen LogP contribution in [0.2, 0.25) is 0 Å². The van der Waals surface area contributed by atoms with Crippen LogP contribution in [-0.4, -0.2) is 22.0 Å². The number of aromatic nitrogens is 2. The lowest BCUT2D eigenvalue weighted by Gasteiger charge is -2.14. The maximum Gasteiger partial charge on any atom is 0.130 e. The first-order valence-corrected chi connectivity index (χ1v) is 7.05. The summed E-state index contributed by atoms with van der Waals surface area (Å²) in [4.78, 5) is 0. The first-order valence-electron chi connectivity index (χ1n) is 7.05. The number of ether oxygens (including phenoxy) is 2. The maximum absolute atomic E-state index is 9.82. The Labute approximate surface area is 125 Å². The summed E-state index contributed by atoms with van der Waals surface area (Å²) in [5, 5.41) is 14.2. The molecule has 1 atom stereocenters. The molecule has 21 heavy (non-hydrogen) atoms. The average Bonchev–Trinajstić information content (AvgIpc) is 2.85. The summed E-state index contributed by atoms with van der Waals surface area (Å²) < 4.78 is 12.9. The quantitative estimate of drug-likeness (QED) is 0.888. The third-order valence-corrected chi connectivity index (χ3v) is 3.44. The molecule has 5 nitrogen and oxygen atoms in total. The Balaban J connectivity index is 2.19. The topological polar surface area (TPSA) is 56.5 Å². The fourth-order valence-electron chi connectivity index (χ4n) is 2.14. The first-order chi connectivity index (χ1) is 10.0. The number of aryl methyl sites for hydroxylation is 2. The van der Waals surface area contributed by atoms with Gasteiger partial charge in [-0.25, -0.2) is 0 Å². The molecule has 1 aromatic carbocycles. The van der Waals surface area contributed by atoms with Crippen molar-refractivity contribution in [1.29, 1.82) is 0 Å². The van der Waals surface area contributed by atoms with Gasteiger partial charge in [0.1, 0.15) is 18.1 Å². The van der Waals surface area contributed by atoms with Gasteiger partial charge in [0.05, 0.1) is 24.6 Å². The van der Waals surface area contributed by atoms with Gasteiger partial charge in [-0.15, -0.1) is 0 Å². The van der Waals surface area contributed by atoms with E-state index in [1.54, 1.807) is 20.1 Å². The van der Waals surface area contributed by atoms with Gasteiger partial charge in [0.15, 0.2) is 0 Å². The van der Waals surface area contributed by atoms with E-state index in [4.69, 9.17) is 9.47 Å². The van der Waals surface area contributed by atoms with Crippen molar-refractivity contribution >= 4 is 0 Å². The second-order valence-electron chi connectivity index (χ2n) is 4.97. The summed E-state index contributed by atoms with van der Waals surface area (Å²) in [5.74, 6) is 1.33. The Morgan fingerprint density at radius 3 is 2.67 bits per heavy atom. The predicted molar refractivity (Wildman–Crippen MR) is 80.5 cm³/mol. The Morgan fingerprint density at radius 2 is 2.10 bits per heavy atom. The van der Waals surface area contributed by atoms with Crippen molar-refractivity contribution in [2.24, 2.45) is 7.05 Å². The minimum atomic E-state index is -0.594. The summed E-state index contributed by atoms with van der Waals surface area (Å²) in [5.41, 5.74) is 2.78. The maximum atomic E-state index is 9.82. The van der Waals surface area contributed by atoms with Crippen molar-refractivity contribution in [2.75, 3.05) is 7.11 Å². The average molecular weight is 290 g/mol. The molecule has 0 aliphatic carbocycles. The molecule has 0 amide bonds. The van der Waals surface area contributed by atoms with E-state index in [1.165, 1.54) is 0 Å². The Bertz CT molecular complexity index is 606. The number of hydrogen-bond donors (Lipinski definition) is 1. The van der Waals surface area contributed by atoms with Crippen LogP contribution >= 0.6 is 0 Å². The lowest BCUT2D eigenvalue weighted by atomic mass is 10.1. The molecular formula is C16H22N2O3. The van der Waals surface area contributed by atoms with Crippen molar-refractivity contribution in [3.8, 4) is 11.5 Å². The highest BCUT2D eigenvalue weighted by atomic mass is 16.5. The molecule has 2 aromatic rings. The van der Waals surface area contributed by atoms with E-state index in [-0.39, 0.29) is 0 Å². The zero-order valence-corrected chi connectivity index (χ0v) is 13.0. The minimum Gasteiger partial charge on any atom is -0.497 e. The van der Waals surface area contributed by atoms with Crippen LogP contribution in [0.3, 0.4) is 0 Å². The number of benzene rings is 1. The molecule has 1 heterocycles. The minimum absolute atomic E-state index is 0.399. The van der Waals surface area contributed by atoms with Gasteiger partial charge in [0.25, 0.3) is 0 Å². The van der Waals surface area contributed by atoms with Crippen molar-refractivity contribution in [3.63, 3.8) is 0 Å². The molecule has 1 aromatic heterocycles.